The molecule has 0 saturated heterocycles. The van der Waals surface area contributed by atoms with Gasteiger partial charge >= 0.3 is 0 Å². The van der Waals surface area contributed by atoms with E-state index in [9.17, 15) is 0 Å². The van der Waals surface area contributed by atoms with E-state index in [1.807, 2.05) is 18.2 Å². The molecule has 1 aromatic carbocycles. The Balaban J connectivity index is 3.09. The predicted molar refractivity (Wildman–Crippen MR) is 55.7 cm³/mol. The van der Waals surface area contributed by atoms with Crippen molar-refractivity contribution in [3.63, 3.8) is 0 Å². The first-order valence-corrected chi connectivity index (χ1v) is 4.43. The smallest absolute Gasteiger partial charge is 0.0505 e. The maximum Gasteiger partial charge on any atom is 0.0505 e. The zero-order valence-corrected chi connectivity index (χ0v) is 8.70. The third-order valence-electron chi connectivity index (χ3n) is 1.16. The van der Waals surface area contributed by atoms with Gasteiger partial charge in [-0.3, -0.25) is 0 Å². The number of hydrogen-bond donors (Lipinski definition) is 1. The Labute approximate surface area is 84.2 Å². The molecule has 0 bridgehead atoms. The van der Waals surface area contributed by atoms with Crippen molar-refractivity contribution in [3.8, 4) is 0 Å². The van der Waals surface area contributed by atoms with Crippen LogP contribution in [0.15, 0.2) is 27.1 Å². The fourth-order valence-electron chi connectivity index (χ4n) is 0.668. The maximum atomic E-state index is 5.85. The first-order chi connectivity index (χ1) is 5.24. The zero-order valence-electron chi connectivity index (χ0n) is 5.46. The van der Waals surface area contributed by atoms with E-state index in [1.54, 1.807) is 6.21 Å². The van der Waals surface area contributed by atoms with Gasteiger partial charge in [-0.1, -0.05) is 33.6 Å². The molecule has 0 radical (unpaired) electrons. The van der Waals surface area contributed by atoms with E-state index in [0.717, 1.165) is 10.0 Å². The Morgan fingerprint density at radius 2 is 2.27 bits per heavy atom. The van der Waals surface area contributed by atoms with Crippen molar-refractivity contribution in [1.29, 1.82) is 0 Å². The van der Waals surface area contributed by atoms with Gasteiger partial charge in [0.05, 0.1) is 5.02 Å². The topological polar surface area (TPSA) is 12.4 Å². The van der Waals surface area contributed by atoms with Crippen LogP contribution in [0.25, 0.3) is 0 Å². The second-order valence-electron chi connectivity index (χ2n) is 1.91. The van der Waals surface area contributed by atoms with E-state index in [2.05, 4.69) is 33.1 Å². The standard InChI is InChI=1S/C7H5BrClNS/c8-6-2-1-5(4-10-11)7(9)3-6/h1-4,11H/b10-4+. The lowest BCUT2D eigenvalue weighted by Gasteiger charge is -1.96. The molecule has 1 rings (SSSR count). The molecule has 0 fully saturated rings. The number of hydrogen-bond acceptors (Lipinski definition) is 2. The van der Waals surface area contributed by atoms with E-state index in [4.69, 9.17) is 11.6 Å². The first kappa shape index (κ1) is 9.10. The molecular weight excluding hydrogens is 246 g/mol. The number of halogens is 2. The quantitative estimate of drug-likeness (QED) is 0.580. The molecule has 0 atom stereocenters. The summed E-state index contributed by atoms with van der Waals surface area (Å²) in [6.45, 7) is 0. The van der Waals surface area contributed by atoms with Crippen LogP contribution in [0.2, 0.25) is 5.02 Å². The molecule has 0 unspecified atom stereocenters. The predicted octanol–water partition coefficient (Wildman–Crippen LogP) is 3.37. The van der Waals surface area contributed by atoms with Gasteiger partial charge in [0.25, 0.3) is 0 Å². The fourth-order valence-corrected chi connectivity index (χ4v) is 1.52. The highest BCUT2D eigenvalue weighted by Crippen LogP contribution is 2.19. The Morgan fingerprint density at radius 1 is 1.55 bits per heavy atom. The van der Waals surface area contributed by atoms with Gasteiger partial charge in [0.1, 0.15) is 0 Å². The Kier molecular flexibility index (Phi) is 3.43. The zero-order chi connectivity index (χ0) is 8.27. The van der Waals surface area contributed by atoms with E-state index in [0.29, 0.717) is 5.02 Å². The minimum atomic E-state index is 0.664. The SMILES string of the molecule is S/N=C/c1ccc(Br)cc1Cl. The minimum absolute atomic E-state index is 0.664. The monoisotopic (exact) mass is 249 g/mol. The summed E-state index contributed by atoms with van der Waals surface area (Å²) < 4.78 is 4.52. The summed E-state index contributed by atoms with van der Waals surface area (Å²) in [5.74, 6) is 0. The van der Waals surface area contributed by atoms with Crippen molar-refractivity contribution in [2.24, 2.45) is 4.40 Å². The number of benzene rings is 1. The van der Waals surface area contributed by atoms with Crippen LogP contribution in [0.3, 0.4) is 0 Å². The van der Waals surface area contributed by atoms with Crippen molar-refractivity contribution in [2.75, 3.05) is 0 Å². The molecule has 1 aromatic rings. The normalized spacial score (nSPS) is 10.8. The minimum Gasteiger partial charge on any atom is -0.227 e. The molecule has 0 amide bonds. The molecular formula is C7H5BrClNS. The third kappa shape index (κ3) is 2.51. The van der Waals surface area contributed by atoms with Crippen LogP contribution in [0.1, 0.15) is 5.56 Å². The van der Waals surface area contributed by atoms with Gasteiger partial charge in [-0.2, -0.15) is 0 Å². The second-order valence-corrected chi connectivity index (χ2v) is 3.46. The van der Waals surface area contributed by atoms with Crippen molar-refractivity contribution in [1.82, 2.24) is 0 Å². The van der Waals surface area contributed by atoms with Crippen LogP contribution in [0.4, 0.5) is 0 Å². The second kappa shape index (κ2) is 4.14. The van der Waals surface area contributed by atoms with E-state index < -0.39 is 0 Å². The van der Waals surface area contributed by atoms with E-state index >= 15 is 0 Å². The van der Waals surface area contributed by atoms with E-state index in [1.165, 1.54) is 0 Å². The molecule has 0 aliphatic heterocycles. The number of nitrogens with zero attached hydrogens (tertiary/aromatic N) is 1. The van der Waals surface area contributed by atoms with Crippen LogP contribution in [-0.2, 0) is 0 Å². The molecule has 0 aliphatic rings. The largest absolute Gasteiger partial charge is 0.227 e. The van der Waals surface area contributed by atoms with Crippen molar-refractivity contribution in [3.05, 3.63) is 33.3 Å². The molecule has 0 aromatic heterocycles. The summed E-state index contributed by atoms with van der Waals surface area (Å²) in [5, 5.41) is 0.664. The number of thiol groups is 1. The Bertz CT molecular complexity index is 288. The first-order valence-electron chi connectivity index (χ1n) is 2.86. The van der Waals surface area contributed by atoms with Gasteiger partial charge in [-0.25, -0.2) is 4.40 Å². The lowest BCUT2D eigenvalue weighted by Crippen LogP contribution is -1.80. The van der Waals surface area contributed by atoms with Gasteiger partial charge < -0.3 is 0 Å². The van der Waals surface area contributed by atoms with Crippen LogP contribution >= 0.6 is 40.3 Å². The van der Waals surface area contributed by atoms with Crippen LogP contribution in [0, 0.1) is 0 Å². The summed E-state index contributed by atoms with van der Waals surface area (Å²) in [6.07, 6.45) is 1.60. The molecule has 0 N–H and O–H groups in total. The van der Waals surface area contributed by atoms with Crippen molar-refractivity contribution >= 4 is 46.6 Å². The highest BCUT2D eigenvalue weighted by atomic mass is 79.9. The van der Waals surface area contributed by atoms with Crippen molar-refractivity contribution in [2.45, 2.75) is 0 Å². The molecule has 11 heavy (non-hydrogen) atoms. The van der Waals surface area contributed by atoms with Crippen molar-refractivity contribution < 1.29 is 0 Å². The molecule has 0 saturated carbocycles. The molecule has 0 aliphatic carbocycles. The summed E-state index contributed by atoms with van der Waals surface area (Å²) in [4.78, 5) is 0. The van der Waals surface area contributed by atoms with Crippen LogP contribution < -0.4 is 0 Å². The summed E-state index contributed by atoms with van der Waals surface area (Å²) in [5.41, 5.74) is 0.866. The molecule has 58 valence electrons. The third-order valence-corrected chi connectivity index (χ3v) is 2.10. The Morgan fingerprint density at radius 3 is 2.82 bits per heavy atom. The summed E-state index contributed by atoms with van der Waals surface area (Å²) >= 11 is 12.9. The van der Waals surface area contributed by atoms with Crippen LogP contribution in [-0.4, -0.2) is 6.21 Å². The average molecular weight is 251 g/mol. The lowest BCUT2D eigenvalue weighted by molar-refractivity contribution is 1.62. The van der Waals surface area contributed by atoms with Crippen LogP contribution in [0.5, 0.6) is 0 Å². The molecule has 4 heteroatoms. The molecule has 1 nitrogen and oxygen atoms in total. The summed E-state index contributed by atoms with van der Waals surface area (Å²) in [6, 6.07) is 5.58. The molecule has 0 heterocycles. The van der Waals surface area contributed by atoms with Gasteiger partial charge in [0.2, 0.25) is 0 Å². The summed E-state index contributed by atoms with van der Waals surface area (Å²) in [7, 11) is 0. The van der Waals surface area contributed by atoms with Gasteiger partial charge in [-0.05, 0) is 24.9 Å². The highest BCUT2D eigenvalue weighted by Gasteiger charge is 1.96. The highest BCUT2D eigenvalue weighted by molar-refractivity contribution is 9.10. The number of rotatable bonds is 1. The average Bonchev–Trinajstić information content (AvgIpc) is 1.95. The van der Waals surface area contributed by atoms with E-state index in [-0.39, 0.29) is 0 Å². The van der Waals surface area contributed by atoms with Gasteiger partial charge in [0, 0.05) is 16.3 Å². The fraction of sp³-hybridized carbons (Fsp3) is 0. The molecule has 0 spiro atoms. The Hall–Kier alpha value is 0.01000. The maximum absolute atomic E-state index is 5.85. The lowest BCUT2D eigenvalue weighted by atomic mass is 10.2. The van der Waals surface area contributed by atoms with Gasteiger partial charge in [-0.15, -0.1) is 0 Å². The van der Waals surface area contributed by atoms with Gasteiger partial charge in [0.15, 0.2) is 0 Å².